The Bertz CT molecular complexity index is 1160. The van der Waals surface area contributed by atoms with E-state index in [2.05, 4.69) is 40.4 Å². The van der Waals surface area contributed by atoms with Crippen molar-refractivity contribution in [3.63, 3.8) is 0 Å². The lowest BCUT2D eigenvalue weighted by Crippen LogP contribution is -2.65. The fourth-order valence-corrected chi connectivity index (χ4v) is 6.48. The summed E-state index contributed by atoms with van der Waals surface area (Å²) in [5.41, 5.74) is 1.98. The molecular formula is C28H35N3O2S. The summed E-state index contributed by atoms with van der Waals surface area (Å²) < 4.78 is 3.17. The first-order chi connectivity index (χ1) is 16.5. The first-order valence-corrected chi connectivity index (χ1v) is 13.6. The quantitative estimate of drug-likeness (QED) is 0.494. The number of hydrogen-bond acceptors (Lipinski definition) is 3. The SMILES string of the molecule is C[C@@H](CN1C(=O)c2cc3sccc3n2C[C@@]1(C)C(=O)NC1CCCCCCC1)c1ccccc1. The maximum absolute atomic E-state index is 14.0. The summed E-state index contributed by atoms with van der Waals surface area (Å²) in [5.74, 6) is 0.0588. The molecule has 5 nitrogen and oxygen atoms in total. The molecular weight excluding hydrogens is 442 g/mol. The second-order valence-corrected chi connectivity index (χ2v) is 11.3. The van der Waals surface area contributed by atoms with Gasteiger partial charge in [0, 0.05) is 12.6 Å². The van der Waals surface area contributed by atoms with Crippen LogP contribution in [0.1, 0.15) is 80.8 Å². The fourth-order valence-electron chi connectivity index (χ4n) is 5.66. The molecule has 0 saturated heterocycles. The Hall–Kier alpha value is -2.60. The minimum atomic E-state index is -0.941. The van der Waals surface area contributed by atoms with Crippen molar-refractivity contribution in [1.29, 1.82) is 0 Å². The molecule has 1 fully saturated rings. The average Bonchev–Trinajstić information content (AvgIpc) is 3.41. The molecule has 6 heteroatoms. The summed E-state index contributed by atoms with van der Waals surface area (Å²) in [6.45, 7) is 5.09. The molecule has 1 saturated carbocycles. The molecule has 1 N–H and O–H groups in total. The molecule has 34 heavy (non-hydrogen) atoms. The molecule has 180 valence electrons. The molecule has 2 amide bonds. The van der Waals surface area contributed by atoms with Gasteiger partial charge in [0.05, 0.1) is 16.8 Å². The van der Waals surface area contributed by atoms with Crippen molar-refractivity contribution in [3.8, 4) is 0 Å². The number of benzene rings is 1. The number of thiophene rings is 1. The van der Waals surface area contributed by atoms with Crippen molar-refractivity contribution in [2.45, 2.75) is 82.8 Å². The van der Waals surface area contributed by atoms with Crippen LogP contribution < -0.4 is 5.32 Å². The van der Waals surface area contributed by atoms with Crippen LogP contribution in [0.5, 0.6) is 0 Å². The fraction of sp³-hybridized carbons (Fsp3) is 0.500. The van der Waals surface area contributed by atoms with E-state index in [1.54, 1.807) is 11.3 Å². The van der Waals surface area contributed by atoms with Crippen molar-refractivity contribution in [3.05, 3.63) is 59.1 Å². The third-order valence-electron chi connectivity index (χ3n) is 7.80. The third kappa shape index (κ3) is 4.28. The molecule has 1 aliphatic carbocycles. The van der Waals surface area contributed by atoms with Gasteiger partial charge in [0.15, 0.2) is 0 Å². The van der Waals surface area contributed by atoms with E-state index in [9.17, 15) is 9.59 Å². The van der Waals surface area contributed by atoms with Gasteiger partial charge in [0.2, 0.25) is 5.91 Å². The Labute approximate surface area is 206 Å². The maximum Gasteiger partial charge on any atom is 0.271 e. The lowest BCUT2D eigenvalue weighted by atomic mass is 9.90. The van der Waals surface area contributed by atoms with E-state index in [4.69, 9.17) is 0 Å². The molecule has 0 radical (unpaired) electrons. The van der Waals surface area contributed by atoms with Gasteiger partial charge in [-0.15, -0.1) is 11.3 Å². The van der Waals surface area contributed by atoms with E-state index < -0.39 is 5.54 Å². The van der Waals surface area contributed by atoms with E-state index >= 15 is 0 Å². The molecule has 3 aromatic rings. The second kappa shape index (κ2) is 9.57. The standard InChI is InChI=1S/C28H35N3O2S/c1-20(21-11-7-6-8-12-21)18-31-26(32)24-17-25-23(15-16-34-25)30(24)19-28(31,2)27(33)29-22-13-9-4-3-5-10-14-22/h6-8,11-12,15-17,20,22H,3-5,9-10,13-14,18-19H2,1-2H3,(H,29,33)/t20-,28-/m0/s1. The Balaban J connectivity index is 1.47. The summed E-state index contributed by atoms with van der Waals surface area (Å²) >= 11 is 1.64. The summed E-state index contributed by atoms with van der Waals surface area (Å²) in [6.07, 6.45) is 8.15. The highest BCUT2D eigenvalue weighted by atomic mass is 32.1. The van der Waals surface area contributed by atoms with Crippen molar-refractivity contribution in [2.75, 3.05) is 6.54 Å². The number of fused-ring (bicyclic) bond motifs is 3. The van der Waals surface area contributed by atoms with Gasteiger partial charge in [-0.3, -0.25) is 9.59 Å². The van der Waals surface area contributed by atoms with Gasteiger partial charge in [0.25, 0.3) is 5.91 Å². The number of rotatable bonds is 5. The van der Waals surface area contributed by atoms with E-state index in [-0.39, 0.29) is 23.8 Å². The highest BCUT2D eigenvalue weighted by Crippen LogP contribution is 2.36. The Kier molecular flexibility index (Phi) is 6.52. The summed E-state index contributed by atoms with van der Waals surface area (Å²) in [5, 5.41) is 5.44. The molecule has 1 aliphatic heterocycles. The monoisotopic (exact) mass is 477 g/mol. The van der Waals surface area contributed by atoms with Crippen LogP contribution >= 0.6 is 11.3 Å². The second-order valence-electron chi connectivity index (χ2n) is 10.3. The third-order valence-corrected chi connectivity index (χ3v) is 8.66. The van der Waals surface area contributed by atoms with Gasteiger partial charge in [-0.25, -0.2) is 0 Å². The van der Waals surface area contributed by atoms with E-state index in [1.165, 1.54) is 24.8 Å². The maximum atomic E-state index is 14.0. The van der Waals surface area contributed by atoms with E-state index in [0.29, 0.717) is 18.8 Å². The summed E-state index contributed by atoms with van der Waals surface area (Å²) in [4.78, 5) is 29.7. The summed E-state index contributed by atoms with van der Waals surface area (Å²) in [7, 11) is 0. The van der Waals surface area contributed by atoms with Crippen LogP contribution in [-0.2, 0) is 11.3 Å². The predicted octanol–water partition coefficient (Wildman–Crippen LogP) is 5.95. The number of carbonyl (C=O) groups excluding carboxylic acids is 2. The van der Waals surface area contributed by atoms with Gasteiger partial charge in [-0.05, 0) is 48.8 Å². The van der Waals surface area contributed by atoms with Crippen LogP contribution in [-0.4, -0.2) is 39.4 Å². The Morgan fingerprint density at radius 1 is 1.12 bits per heavy atom. The number of amides is 2. The highest BCUT2D eigenvalue weighted by molar-refractivity contribution is 7.17. The topological polar surface area (TPSA) is 54.3 Å². The molecule has 0 unspecified atom stereocenters. The zero-order valence-corrected chi connectivity index (χ0v) is 21.1. The van der Waals surface area contributed by atoms with Gasteiger partial charge in [0.1, 0.15) is 11.2 Å². The van der Waals surface area contributed by atoms with Crippen LogP contribution in [0.3, 0.4) is 0 Å². The predicted molar refractivity (Wildman–Crippen MR) is 138 cm³/mol. The van der Waals surface area contributed by atoms with Crippen molar-refractivity contribution < 1.29 is 9.59 Å². The lowest BCUT2D eigenvalue weighted by molar-refractivity contribution is -0.133. The molecule has 1 aromatic carbocycles. The normalized spacial score (nSPS) is 22.8. The van der Waals surface area contributed by atoms with E-state index in [0.717, 1.165) is 35.9 Å². The van der Waals surface area contributed by atoms with E-state index in [1.807, 2.05) is 36.1 Å². The average molecular weight is 478 g/mol. The molecule has 0 bridgehead atoms. The minimum absolute atomic E-state index is 0.0191. The van der Waals surface area contributed by atoms with Gasteiger partial charge >= 0.3 is 0 Å². The number of hydrogen-bond donors (Lipinski definition) is 1. The first kappa shape index (κ1) is 23.2. The zero-order chi connectivity index (χ0) is 23.7. The van der Waals surface area contributed by atoms with Crippen LogP contribution in [0.2, 0.25) is 0 Å². The van der Waals surface area contributed by atoms with Crippen molar-refractivity contribution >= 4 is 33.4 Å². The molecule has 2 atom stereocenters. The highest BCUT2D eigenvalue weighted by Gasteiger charge is 2.48. The molecule has 3 heterocycles. The Morgan fingerprint density at radius 2 is 1.82 bits per heavy atom. The number of aromatic nitrogens is 1. The Morgan fingerprint density at radius 3 is 2.56 bits per heavy atom. The van der Waals surface area contributed by atoms with Crippen molar-refractivity contribution in [1.82, 2.24) is 14.8 Å². The molecule has 2 aliphatic rings. The van der Waals surface area contributed by atoms with Gasteiger partial charge in [-0.1, -0.05) is 69.4 Å². The van der Waals surface area contributed by atoms with Crippen molar-refractivity contribution in [2.24, 2.45) is 0 Å². The number of nitrogens with zero attached hydrogens (tertiary/aromatic N) is 2. The van der Waals surface area contributed by atoms with Gasteiger partial charge < -0.3 is 14.8 Å². The zero-order valence-electron chi connectivity index (χ0n) is 20.3. The molecule has 2 aromatic heterocycles. The minimum Gasteiger partial charge on any atom is -0.351 e. The van der Waals surface area contributed by atoms with Crippen LogP contribution in [0, 0.1) is 0 Å². The number of carbonyl (C=O) groups is 2. The lowest BCUT2D eigenvalue weighted by Gasteiger charge is -2.45. The molecule has 5 rings (SSSR count). The van der Waals surface area contributed by atoms with Crippen LogP contribution in [0.4, 0.5) is 0 Å². The number of nitrogens with one attached hydrogen (secondary N) is 1. The van der Waals surface area contributed by atoms with Gasteiger partial charge in [-0.2, -0.15) is 0 Å². The summed E-state index contributed by atoms with van der Waals surface area (Å²) in [6, 6.07) is 14.5. The largest absolute Gasteiger partial charge is 0.351 e. The first-order valence-electron chi connectivity index (χ1n) is 12.7. The molecule has 0 spiro atoms. The van der Waals surface area contributed by atoms with Crippen LogP contribution in [0.15, 0.2) is 47.8 Å². The smallest absolute Gasteiger partial charge is 0.271 e. The van der Waals surface area contributed by atoms with Crippen LogP contribution in [0.25, 0.3) is 10.2 Å².